The van der Waals surface area contributed by atoms with Gasteiger partial charge in [0.15, 0.2) is 0 Å². The first-order valence-corrected chi connectivity index (χ1v) is 7.05. The predicted octanol–water partition coefficient (Wildman–Crippen LogP) is 3.47. The number of rotatable bonds is 11. The molecule has 0 aliphatic carbocycles. The fourth-order valence-corrected chi connectivity index (χ4v) is 2.36. The van der Waals surface area contributed by atoms with Crippen LogP contribution in [0, 0.1) is 5.41 Å². The molecular formula is C14H31NO. The average Bonchev–Trinajstić information content (AvgIpc) is 2.32. The summed E-state index contributed by atoms with van der Waals surface area (Å²) in [6.45, 7) is 5.30. The van der Waals surface area contributed by atoms with Crippen molar-refractivity contribution < 1.29 is 5.11 Å². The van der Waals surface area contributed by atoms with E-state index in [1.165, 1.54) is 38.5 Å². The van der Waals surface area contributed by atoms with Crippen molar-refractivity contribution >= 4 is 0 Å². The minimum absolute atomic E-state index is 0.0134. The Kier molecular flexibility index (Phi) is 10.0. The lowest BCUT2D eigenvalue weighted by Crippen LogP contribution is -2.34. The number of hydrogen-bond donors (Lipinski definition) is 2. The number of nitrogens with two attached hydrogens (primary N) is 1. The number of hydrogen-bond acceptors (Lipinski definition) is 2. The van der Waals surface area contributed by atoms with Gasteiger partial charge in [-0.05, 0) is 12.8 Å². The van der Waals surface area contributed by atoms with Crippen molar-refractivity contribution in [1.29, 1.82) is 0 Å². The molecule has 16 heavy (non-hydrogen) atoms. The topological polar surface area (TPSA) is 46.2 Å². The number of aliphatic hydroxyl groups excluding tert-OH is 1. The minimum atomic E-state index is 0.0134. The predicted molar refractivity (Wildman–Crippen MR) is 71.5 cm³/mol. The first-order chi connectivity index (χ1) is 7.74. The molecule has 0 fully saturated rings. The molecule has 0 heterocycles. The third kappa shape index (κ3) is 6.49. The summed E-state index contributed by atoms with van der Waals surface area (Å²) < 4.78 is 0. The van der Waals surface area contributed by atoms with Gasteiger partial charge in [-0.25, -0.2) is 0 Å². The maximum absolute atomic E-state index is 9.47. The van der Waals surface area contributed by atoms with Gasteiger partial charge in [-0.15, -0.1) is 0 Å². The molecule has 0 aliphatic rings. The minimum Gasteiger partial charge on any atom is -0.396 e. The highest BCUT2D eigenvalue weighted by atomic mass is 16.3. The van der Waals surface area contributed by atoms with Crippen LogP contribution < -0.4 is 5.73 Å². The maximum Gasteiger partial charge on any atom is 0.0499 e. The van der Waals surface area contributed by atoms with Gasteiger partial charge in [-0.1, -0.05) is 58.8 Å². The third-order valence-electron chi connectivity index (χ3n) is 3.61. The average molecular weight is 229 g/mol. The van der Waals surface area contributed by atoms with Crippen LogP contribution in [0.15, 0.2) is 0 Å². The standard InChI is InChI=1S/C14H31NO/c1-3-5-6-7-8-9-11-14(12-15,13-16)10-4-2/h16H,3-13,15H2,1-2H3. The van der Waals surface area contributed by atoms with E-state index in [9.17, 15) is 5.11 Å². The molecule has 0 aromatic rings. The second kappa shape index (κ2) is 10.1. The Morgan fingerprint density at radius 2 is 1.50 bits per heavy atom. The van der Waals surface area contributed by atoms with Gasteiger partial charge in [0.2, 0.25) is 0 Å². The Morgan fingerprint density at radius 1 is 0.875 bits per heavy atom. The van der Waals surface area contributed by atoms with E-state index in [1.54, 1.807) is 0 Å². The molecule has 0 spiro atoms. The molecular weight excluding hydrogens is 198 g/mol. The second-order valence-electron chi connectivity index (χ2n) is 5.13. The van der Waals surface area contributed by atoms with E-state index < -0.39 is 0 Å². The van der Waals surface area contributed by atoms with Gasteiger partial charge in [-0.3, -0.25) is 0 Å². The van der Waals surface area contributed by atoms with E-state index in [1.807, 2.05) is 0 Å². The van der Waals surface area contributed by atoms with Crippen molar-refractivity contribution in [2.24, 2.45) is 11.1 Å². The van der Waals surface area contributed by atoms with Crippen LogP contribution >= 0.6 is 0 Å². The van der Waals surface area contributed by atoms with Crippen LogP contribution in [0.5, 0.6) is 0 Å². The Balaban J connectivity index is 3.67. The summed E-state index contributed by atoms with van der Waals surface area (Å²) in [5, 5.41) is 9.47. The molecule has 2 nitrogen and oxygen atoms in total. The molecule has 0 aromatic heterocycles. The second-order valence-corrected chi connectivity index (χ2v) is 5.13. The zero-order valence-corrected chi connectivity index (χ0v) is 11.3. The van der Waals surface area contributed by atoms with Gasteiger partial charge >= 0.3 is 0 Å². The Hall–Kier alpha value is -0.0800. The lowest BCUT2D eigenvalue weighted by atomic mass is 9.79. The zero-order valence-electron chi connectivity index (χ0n) is 11.3. The number of unbranched alkanes of at least 4 members (excludes halogenated alkanes) is 5. The highest BCUT2D eigenvalue weighted by Crippen LogP contribution is 2.29. The summed E-state index contributed by atoms with van der Waals surface area (Å²) >= 11 is 0. The van der Waals surface area contributed by atoms with E-state index in [4.69, 9.17) is 5.73 Å². The van der Waals surface area contributed by atoms with E-state index in [0.29, 0.717) is 6.54 Å². The smallest absolute Gasteiger partial charge is 0.0499 e. The normalized spacial score (nSPS) is 15.0. The Morgan fingerprint density at radius 3 is 2.00 bits per heavy atom. The quantitative estimate of drug-likeness (QED) is 0.533. The molecule has 1 unspecified atom stereocenters. The Labute approximate surface area is 102 Å². The van der Waals surface area contributed by atoms with Gasteiger partial charge in [0.1, 0.15) is 0 Å². The van der Waals surface area contributed by atoms with E-state index in [-0.39, 0.29) is 12.0 Å². The summed E-state index contributed by atoms with van der Waals surface area (Å²) in [7, 11) is 0. The first-order valence-electron chi connectivity index (χ1n) is 7.05. The molecule has 0 amide bonds. The van der Waals surface area contributed by atoms with E-state index in [0.717, 1.165) is 19.3 Å². The van der Waals surface area contributed by atoms with Crippen molar-refractivity contribution in [3.63, 3.8) is 0 Å². The van der Waals surface area contributed by atoms with E-state index in [2.05, 4.69) is 13.8 Å². The summed E-state index contributed by atoms with van der Waals surface area (Å²) in [4.78, 5) is 0. The molecule has 3 N–H and O–H groups in total. The van der Waals surface area contributed by atoms with E-state index >= 15 is 0 Å². The molecule has 0 rings (SSSR count). The lowest BCUT2D eigenvalue weighted by Gasteiger charge is -2.30. The van der Waals surface area contributed by atoms with Gasteiger partial charge in [0.25, 0.3) is 0 Å². The van der Waals surface area contributed by atoms with Crippen LogP contribution in [-0.2, 0) is 0 Å². The van der Waals surface area contributed by atoms with Crippen molar-refractivity contribution in [1.82, 2.24) is 0 Å². The molecule has 0 aliphatic heterocycles. The van der Waals surface area contributed by atoms with Crippen molar-refractivity contribution in [2.45, 2.75) is 71.6 Å². The fraction of sp³-hybridized carbons (Fsp3) is 1.00. The third-order valence-corrected chi connectivity index (χ3v) is 3.61. The monoisotopic (exact) mass is 229 g/mol. The van der Waals surface area contributed by atoms with Gasteiger partial charge in [0.05, 0.1) is 0 Å². The lowest BCUT2D eigenvalue weighted by molar-refractivity contribution is 0.108. The highest BCUT2D eigenvalue weighted by Gasteiger charge is 2.25. The molecule has 2 heteroatoms. The summed E-state index contributed by atoms with van der Waals surface area (Å²) in [6.07, 6.45) is 11.2. The molecule has 0 bridgehead atoms. The summed E-state index contributed by atoms with van der Waals surface area (Å²) in [5.74, 6) is 0. The van der Waals surface area contributed by atoms with Crippen LogP contribution in [-0.4, -0.2) is 18.3 Å². The van der Waals surface area contributed by atoms with Crippen LogP contribution in [0.3, 0.4) is 0 Å². The highest BCUT2D eigenvalue weighted by molar-refractivity contribution is 4.79. The van der Waals surface area contributed by atoms with Gasteiger partial charge in [0, 0.05) is 18.6 Å². The van der Waals surface area contributed by atoms with Crippen LogP contribution in [0.4, 0.5) is 0 Å². The molecule has 0 aromatic carbocycles. The first kappa shape index (κ1) is 15.9. The van der Waals surface area contributed by atoms with Crippen molar-refractivity contribution in [3.05, 3.63) is 0 Å². The van der Waals surface area contributed by atoms with Gasteiger partial charge < -0.3 is 10.8 Å². The number of aliphatic hydroxyl groups is 1. The molecule has 0 saturated carbocycles. The summed E-state index contributed by atoms with van der Waals surface area (Å²) in [5.41, 5.74) is 5.82. The SMILES string of the molecule is CCCCCCCCC(CN)(CO)CCC. The van der Waals surface area contributed by atoms with Crippen LogP contribution in [0.1, 0.15) is 71.6 Å². The van der Waals surface area contributed by atoms with Crippen LogP contribution in [0.25, 0.3) is 0 Å². The fourth-order valence-electron chi connectivity index (χ4n) is 2.36. The molecule has 1 atom stereocenters. The summed E-state index contributed by atoms with van der Waals surface area (Å²) in [6, 6.07) is 0. The molecule has 0 radical (unpaired) electrons. The van der Waals surface area contributed by atoms with Crippen molar-refractivity contribution in [2.75, 3.05) is 13.2 Å². The van der Waals surface area contributed by atoms with Crippen molar-refractivity contribution in [3.8, 4) is 0 Å². The Bertz CT molecular complexity index is 144. The molecule has 98 valence electrons. The largest absolute Gasteiger partial charge is 0.396 e. The van der Waals surface area contributed by atoms with Gasteiger partial charge in [-0.2, -0.15) is 0 Å². The van der Waals surface area contributed by atoms with Crippen LogP contribution in [0.2, 0.25) is 0 Å². The maximum atomic E-state index is 9.47. The molecule has 0 saturated heterocycles. The zero-order chi connectivity index (χ0) is 12.3.